The highest BCUT2D eigenvalue weighted by molar-refractivity contribution is 5.27. The average Bonchev–Trinajstić information content (AvgIpc) is 2.39. The maximum atomic E-state index is 14.0. The van der Waals surface area contributed by atoms with Gasteiger partial charge in [0.1, 0.15) is 11.6 Å². The van der Waals surface area contributed by atoms with Crippen molar-refractivity contribution in [1.29, 1.82) is 0 Å². The zero-order valence-electron chi connectivity index (χ0n) is 12.7. The van der Waals surface area contributed by atoms with E-state index in [1.165, 1.54) is 12.1 Å². The molecule has 0 heterocycles. The molecule has 0 bridgehead atoms. The SMILES string of the molecule is CCC(C)(C)C1CCC(N)(c2ccc(F)cc2F)CC1. The van der Waals surface area contributed by atoms with Gasteiger partial charge in [-0.1, -0.05) is 33.3 Å². The van der Waals surface area contributed by atoms with Gasteiger partial charge in [-0.3, -0.25) is 0 Å². The van der Waals surface area contributed by atoms with E-state index in [-0.39, 0.29) is 0 Å². The largest absolute Gasteiger partial charge is 0.321 e. The molecule has 1 saturated carbocycles. The van der Waals surface area contributed by atoms with Gasteiger partial charge in [-0.05, 0) is 43.1 Å². The number of benzene rings is 1. The Hall–Kier alpha value is -0.960. The number of rotatable bonds is 3. The molecule has 0 aliphatic heterocycles. The zero-order chi connectivity index (χ0) is 15.0. The van der Waals surface area contributed by atoms with E-state index in [0.29, 0.717) is 16.9 Å². The van der Waals surface area contributed by atoms with Crippen LogP contribution >= 0.6 is 0 Å². The fourth-order valence-electron chi connectivity index (χ4n) is 3.37. The number of hydrogen-bond donors (Lipinski definition) is 1. The molecule has 0 amide bonds. The summed E-state index contributed by atoms with van der Waals surface area (Å²) in [5, 5.41) is 0. The third-order valence-corrected chi connectivity index (χ3v) is 5.36. The van der Waals surface area contributed by atoms with Crippen molar-refractivity contribution < 1.29 is 8.78 Å². The first-order chi connectivity index (χ1) is 9.28. The van der Waals surface area contributed by atoms with E-state index < -0.39 is 17.2 Å². The molecule has 1 aromatic rings. The smallest absolute Gasteiger partial charge is 0.131 e. The summed E-state index contributed by atoms with van der Waals surface area (Å²) in [5.74, 6) is -0.427. The molecule has 0 radical (unpaired) electrons. The van der Waals surface area contributed by atoms with Crippen LogP contribution in [0.1, 0.15) is 58.4 Å². The fourth-order valence-corrected chi connectivity index (χ4v) is 3.37. The van der Waals surface area contributed by atoms with Crippen molar-refractivity contribution in [2.75, 3.05) is 0 Å². The van der Waals surface area contributed by atoms with Crippen LogP contribution in [0.15, 0.2) is 18.2 Å². The van der Waals surface area contributed by atoms with Gasteiger partial charge in [0.15, 0.2) is 0 Å². The minimum atomic E-state index is -0.641. The van der Waals surface area contributed by atoms with Gasteiger partial charge in [0.05, 0.1) is 0 Å². The lowest BCUT2D eigenvalue weighted by Crippen LogP contribution is -2.43. The first-order valence-electron chi connectivity index (χ1n) is 7.53. The van der Waals surface area contributed by atoms with Crippen molar-refractivity contribution in [1.82, 2.24) is 0 Å². The summed E-state index contributed by atoms with van der Waals surface area (Å²) < 4.78 is 27.0. The van der Waals surface area contributed by atoms with Gasteiger partial charge in [-0.15, -0.1) is 0 Å². The van der Waals surface area contributed by atoms with Gasteiger partial charge in [0, 0.05) is 17.2 Å². The normalized spacial score (nSPS) is 27.6. The van der Waals surface area contributed by atoms with Gasteiger partial charge in [0.25, 0.3) is 0 Å². The highest BCUT2D eigenvalue weighted by atomic mass is 19.1. The summed E-state index contributed by atoms with van der Waals surface area (Å²) in [6.07, 6.45) is 4.69. The van der Waals surface area contributed by atoms with Crippen LogP contribution in [0.5, 0.6) is 0 Å². The lowest BCUT2D eigenvalue weighted by atomic mass is 9.64. The molecule has 2 rings (SSSR count). The Kier molecular flexibility index (Phi) is 4.19. The van der Waals surface area contributed by atoms with Crippen LogP contribution in [0.4, 0.5) is 8.78 Å². The molecule has 0 unspecified atom stereocenters. The van der Waals surface area contributed by atoms with E-state index in [9.17, 15) is 8.78 Å². The highest BCUT2D eigenvalue weighted by Crippen LogP contribution is 2.46. The molecule has 2 N–H and O–H groups in total. The van der Waals surface area contributed by atoms with Gasteiger partial charge < -0.3 is 5.73 Å². The van der Waals surface area contributed by atoms with Crippen LogP contribution in [-0.2, 0) is 5.54 Å². The van der Waals surface area contributed by atoms with E-state index in [2.05, 4.69) is 20.8 Å². The van der Waals surface area contributed by atoms with Crippen LogP contribution < -0.4 is 5.73 Å². The van der Waals surface area contributed by atoms with Crippen molar-refractivity contribution >= 4 is 0 Å². The van der Waals surface area contributed by atoms with Crippen LogP contribution in [0.2, 0.25) is 0 Å². The summed E-state index contributed by atoms with van der Waals surface area (Å²) in [5.41, 5.74) is 6.55. The fraction of sp³-hybridized carbons (Fsp3) is 0.647. The van der Waals surface area contributed by atoms with Crippen molar-refractivity contribution in [2.24, 2.45) is 17.1 Å². The lowest BCUT2D eigenvalue weighted by Gasteiger charge is -2.43. The van der Waals surface area contributed by atoms with Crippen LogP contribution in [0.25, 0.3) is 0 Å². The third kappa shape index (κ3) is 2.88. The summed E-state index contributed by atoms with van der Waals surface area (Å²) >= 11 is 0. The Bertz CT molecular complexity index is 474. The molecule has 20 heavy (non-hydrogen) atoms. The molecule has 1 aromatic carbocycles. The molecule has 0 saturated heterocycles. The van der Waals surface area contributed by atoms with Crippen molar-refractivity contribution in [3.8, 4) is 0 Å². The van der Waals surface area contributed by atoms with E-state index in [4.69, 9.17) is 5.73 Å². The summed E-state index contributed by atoms with van der Waals surface area (Å²) in [7, 11) is 0. The summed E-state index contributed by atoms with van der Waals surface area (Å²) in [6.45, 7) is 6.79. The van der Waals surface area contributed by atoms with E-state index in [0.717, 1.165) is 38.2 Å². The van der Waals surface area contributed by atoms with Gasteiger partial charge in [0.2, 0.25) is 0 Å². The second kappa shape index (κ2) is 5.44. The van der Waals surface area contributed by atoms with E-state index in [1.807, 2.05) is 0 Å². The van der Waals surface area contributed by atoms with Crippen molar-refractivity contribution in [2.45, 2.75) is 58.4 Å². The molecular weight excluding hydrogens is 256 g/mol. The molecule has 1 nitrogen and oxygen atoms in total. The quantitative estimate of drug-likeness (QED) is 0.850. The van der Waals surface area contributed by atoms with Crippen molar-refractivity contribution in [3.05, 3.63) is 35.4 Å². The molecule has 1 aliphatic carbocycles. The number of hydrogen-bond acceptors (Lipinski definition) is 1. The monoisotopic (exact) mass is 281 g/mol. The molecule has 112 valence electrons. The van der Waals surface area contributed by atoms with E-state index >= 15 is 0 Å². The van der Waals surface area contributed by atoms with Crippen molar-refractivity contribution in [3.63, 3.8) is 0 Å². The standard InChI is InChI=1S/C17H25F2N/c1-4-16(2,3)12-7-9-17(20,10-8-12)14-6-5-13(18)11-15(14)19/h5-6,11-12H,4,7-10,20H2,1-3H3. The number of nitrogens with two attached hydrogens (primary N) is 1. The Morgan fingerprint density at radius 2 is 1.85 bits per heavy atom. The van der Waals surface area contributed by atoms with Gasteiger partial charge in [-0.25, -0.2) is 8.78 Å². The molecule has 1 aliphatic rings. The average molecular weight is 281 g/mol. The minimum absolute atomic E-state index is 0.308. The molecule has 3 heteroatoms. The zero-order valence-corrected chi connectivity index (χ0v) is 12.7. The predicted octanol–water partition coefficient (Wildman–Crippen LogP) is 4.75. The topological polar surface area (TPSA) is 26.0 Å². The first-order valence-corrected chi connectivity index (χ1v) is 7.53. The lowest BCUT2D eigenvalue weighted by molar-refractivity contribution is 0.113. The Morgan fingerprint density at radius 1 is 1.25 bits per heavy atom. The first kappa shape index (κ1) is 15.4. The Balaban J connectivity index is 2.15. The molecule has 1 fully saturated rings. The second-order valence-corrected chi connectivity index (χ2v) is 6.90. The minimum Gasteiger partial charge on any atom is -0.321 e. The molecule has 0 atom stereocenters. The maximum Gasteiger partial charge on any atom is 0.131 e. The van der Waals surface area contributed by atoms with Crippen LogP contribution in [0, 0.1) is 23.0 Å². The maximum absolute atomic E-state index is 14.0. The molecule has 0 aromatic heterocycles. The predicted molar refractivity (Wildman–Crippen MR) is 78.3 cm³/mol. The van der Waals surface area contributed by atoms with Crippen LogP contribution in [0.3, 0.4) is 0 Å². The number of halogens is 2. The van der Waals surface area contributed by atoms with E-state index in [1.54, 1.807) is 0 Å². The Morgan fingerprint density at radius 3 is 2.35 bits per heavy atom. The summed E-state index contributed by atoms with van der Waals surface area (Å²) in [4.78, 5) is 0. The molecular formula is C17H25F2N. The van der Waals surface area contributed by atoms with Crippen LogP contribution in [-0.4, -0.2) is 0 Å². The third-order valence-electron chi connectivity index (χ3n) is 5.36. The highest BCUT2D eigenvalue weighted by Gasteiger charge is 2.39. The molecule has 0 spiro atoms. The van der Waals surface area contributed by atoms with Gasteiger partial charge in [-0.2, -0.15) is 0 Å². The summed E-state index contributed by atoms with van der Waals surface area (Å²) in [6, 6.07) is 3.75. The second-order valence-electron chi connectivity index (χ2n) is 6.90. The Labute approximate surface area is 120 Å². The van der Waals surface area contributed by atoms with Gasteiger partial charge >= 0.3 is 0 Å².